The van der Waals surface area contributed by atoms with Gasteiger partial charge in [-0.25, -0.2) is 11.3 Å². The predicted molar refractivity (Wildman–Crippen MR) is 136 cm³/mol. The molecule has 0 aliphatic heterocycles. The molecule has 10 N–H and O–H groups in total. The normalized spacial score (nSPS) is 13.3. The van der Waals surface area contributed by atoms with Gasteiger partial charge in [0.25, 0.3) is 5.91 Å². The number of thiophene rings is 1. The summed E-state index contributed by atoms with van der Waals surface area (Å²) in [6.07, 6.45) is 1.49. The summed E-state index contributed by atoms with van der Waals surface area (Å²) in [4.78, 5) is 13.1. The first-order valence-corrected chi connectivity index (χ1v) is 12.5. The minimum atomic E-state index is -1.51. The Morgan fingerprint density at radius 2 is 1.77 bits per heavy atom. The van der Waals surface area contributed by atoms with Gasteiger partial charge >= 0.3 is 0 Å². The molecule has 12 heteroatoms. The highest BCUT2D eigenvalue weighted by Gasteiger charge is 2.23. The van der Waals surface area contributed by atoms with Crippen LogP contribution in [0, 0.1) is 0 Å². The second-order valence-electron chi connectivity index (χ2n) is 7.62. The Morgan fingerprint density at radius 1 is 1.11 bits per heavy atom. The number of benzene rings is 2. The van der Waals surface area contributed by atoms with Gasteiger partial charge in [0, 0.05) is 35.8 Å². The van der Waals surface area contributed by atoms with Crippen LogP contribution in [-0.2, 0) is 29.1 Å². The molecule has 0 fully saturated rings. The lowest BCUT2D eigenvalue weighted by atomic mass is 10.0. The molecule has 0 spiro atoms. The first kappa shape index (κ1) is 26.5. The average molecular weight is 517 g/mol. The molecule has 0 bridgehead atoms. The number of phenols is 1. The molecule has 0 aliphatic carbocycles. The third-order valence-electron chi connectivity index (χ3n) is 5.10. The number of hydroxylamine groups is 1. The molecule has 2 atom stereocenters. The van der Waals surface area contributed by atoms with Crippen molar-refractivity contribution >= 4 is 28.6 Å². The number of nitrogens with two attached hydrogens (primary N) is 3. The SMILES string of the molecule is NCc1ccc(-c2ccc([S+]([O-])NC/C(N)=C/N(N)[C@@H](Cc3ccc(O)cc3)C(=O)NO)s2)cc1. The number of carbonyl (C=O) groups excluding carboxylic acids is 1. The van der Waals surface area contributed by atoms with Crippen molar-refractivity contribution in [1.29, 1.82) is 0 Å². The zero-order valence-corrected chi connectivity index (χ0v) is 20.4. The molecule has 3 rings (SSSR count). The van der Waals surface area contributed by atoms with E-state index in [9.17, 15) is 14.5 Å². The van der Waals surface area contributed by atoms with E-state index in [1.54, 1.807) is 23.7 Å². The van der Waals surface area contributed by atoms with Gasteiger partial charge in [0.2, 0.25) is 4.21 Å². The number of amides is 1. The third kappa shape index (κ3) is 7.44. The van der Waals surface area contributed by atoms with Crippen LogP contribution in [0.2, 0.25) is 0 Å². The van der Waals surface area contributed by atoms with Crippen LogP contribution in [0.4, 0.5) is 0 Å². The summed E-state index contributed by atoms with van der Waals surface area (Å²) < 4.78 is 16.2. The lowest BCUT2D eigenvalue weighted by Crippen LogP contribution is -2.49. The summed E-state index contributed by atoms with van der Waals surface area (Å²) in [5.41, 5.74) is 16.2. The summed E-state index contributed by atoms with van der Waals surface area (Å²) >= 11 is -0.108. The zero-order chi connectivity index (χ0) is 25.4. The molecule has 1 unspecified atom stereocenters. The molecule has 0 aliphatic rings. The second-order valence-corrected chi connectivity index (χ2v) is 10.2. The van der Waals surface area contributed by atoms with Crippen molar-refractivity contribution in [1.82, 2.24) is 15.2 Å². The van der Waals surface area contributed by atoms with E-state index >= 15 is 0 Å². The molecule has 1 amide bonds. The van der Waals surface area contributed by atoms with Crippen LogP contribution in [0.3, 0.4) is 0 Å². The minimum absolute atomic E-state index is 0.0470. The van der Waals surface area contributed by atoms with E-state index in [-0.39, 0.29) is 24.4 Å². The molecule has 0 radical (unpaired) electrons. The van der Waals surface area contributed by atoms with Gasteiger partial charge in [-0.05, 0) is 34.9 Å². The quantitative estimate of drug-likeness (QED) is 0.0853. The number of nitrogens with zero attached hydrogens (tertiary/aromatic N) is 1. The fourth-order valence-corrected chi connectivity index (χ4v) is 5.31. The monoisotopic (exact) mass is 516 g/mol. The van der Waals surface area contributed by atoms with Gasteiger partial charge in [0.05, 0.1) is 17.9 Å². The maximum Gasteiger partial charge on any atom is 0.267 e. The van der Waals surface area contributed by atoms with Crippen LogP contribution in [0.1, 0.15) is 11.1 Å². The zero-order valence-electron chi connectivity index (χ0n) is 18.8. The summed E-state index contributed by atoms with van der Waals surface area (Å²) in [6.45, 7) is 0.521. The smallest absolute Gasteiger partial charge is 0.267 e. The van der Waals surface area contributed by atoms with Crippen LogP contribution in [0.25, 0.3) is 10.4 Å². The van der Waals surface area contributed by atoms with Gasteiger partial charge in [-0.1, -0.05) is 47.7 Å². The van der Waals surface area contributed by atoms with Crippen molar-refractivity contribution in [3.63, 3.8) is 0 Å². The number of hydrogen-bond donors (Lipinski definition) is 7. The number of nitrogens with one attached hydrogen (secondary N) is 2. The van der Waals surface area contributed by atoms with E-state index in [2.05, 4.69) is 4.72 Å². The molecule has 2 aromatic carbocycles. The van der Waals surface area contributed by atoms with Crippen molar-refractivity contribution in [2.24, 2.45) is 17.3 Å². The van der Waals surface area contributed by atoms with Crippen molar-refractivity contribution < 1.29 is 19.7 Å². The van der Waals surface area contributed by atoms with E-state index in [0.717, 1.165) is 21.0 Å². The van der Waals surface area contributed by atoms with E-state index < -0.39 is 23.3 Å². The number of rotatable bonds is 11. The number of hydrogen-bond acceptors (Lipinski definition) is 10. The highest BCUT2D eigenvalue weighted by molar-refractivity contribution is 7.91. The number of phenolic OH excluding ortho intramolecular Hbond substituents is 1. The number of hydrazine groups is 1. The van der Waals surface area contributed by atoms with Crippen LogP contribution in [0.15, 0.2) is 76.8 Å². The van der Waals surface area contributed by atoms with E-state index in [1.165, 1.54) is 29.7 Å². The highest BCUT2D eigenvalue weighted by atomic mass is 32.2. The molecule has 1 heterocycles. The van der Waals surface area contributed by atoms with E-state index in [1.807, 2.05) is 30.3 Å². The molecular weight excluding hydrogens is 488 g/mol. The molecule has 1 aromatic heterocycles. The summed E-state index contributed by atoms with van der Waals surface area (Å²) in [7, 11) is 0. The average Bonchev–Trinajstić information content (AvgIpc) is 3.37. The van der Waals surface area contributed by atoms with E-state index in [0.29, 0.717) is 16.3 Å². The summed E-state index contributed by atoms with van der Waals surface area (Å²) in [6, 6.07) is 16.8. The predicted octanol–water partition coefficient (Wildman–Crippen LogP) is 1.28. The molecule has 3 aromatic rings. The second kappa shape index (κ2) is 12.6. The van der Waals surface area contributed by atoms with Gasteiger partial charge in [-0.3, -0.25) is 10.0 Å². The first-order valence-electron chi connectivity index (χ1n) is 10.6. The molecule has 186 valence electrons. The molecule has 0 saturated carbocycles. The summed E-state index contributed by atoms with van der Waals surface area (Å²) in [5, 5.41) is 19.6. The molecule has 0 saturated heterocycles. The fraction of sp³-hybridized carbons (Fsp3) is 0.174. The Bertz CT molecular complexity index is 1140. The van der Waals surface area contributed by atoms with Crippen molar-refractivity contribution in [3.05, 3.63) is 83.7 Å². The van der Waals surface area contributed by atoms with Gasteiger partial charge in [-0.2, -0.15) is 0 Å². The Balaban J connectivity index is 1.60. The van der Waals surface area contributed by atoms with Gasteiger partial charge in [-0.15, -0.1) is 4.72 Å². The standard InChI is InChI=1S/C23H28N6O4S2/c24-12-16-1-5-17(6-2-16)21-9-10-22(34-21)35(33)27-13-18(25)14-29(26)20(23(31)28-32)11-15-3-7-19(30)8-4-15/h1-10,14,20,27,30,32H,11-13,24-26H2,(H,28,31)/b18-14-/t20-,35?/m0/s1. The van der Waals surface area contributed by atoms with Crippen molar-refractivity contribution in [2.75, 3.05) is 6.54 Å². The van der Waals surface area contributed by atoms with Crippen LogP contribution >= 0.6 is 11.3 Å². The minimum Gasteiger partial charge on any atom is -0.592 e. The van der Waals surface area contributed by atoms with Crippen LogP contribution < -0.4 is 27.5 Å². The first-order chi connectivity index (χ1) is 16.8. The van der Waals surface area contributed by atoms with Gasteiger partial charge in [0.15, 0.2) is 0 Å². The van der Waals surface area contributed by atoms with Gasteiger partial charge < -0.3 is 26.1 Å². The fourth-order valence-electron chi connectivity index (χ4n) is 3.19. The molecule has 35 heavy (non-hydrogen) atoms. The molecular formula is C23H28N6O4S2. The third-order valence-corrected chi connectivity index (χ3v) is 7.64. The number of carbonyl (C=O) groups is 1. The van der Waals surface area contributed by atoms with Crippen molar-refractivity contribution in [3.8, 4) is 16.2 Å². The lowest BCUT2D eigenvalue weighted by molar-refractivity contribution is -0.134. The topological polar surface area (TPSA) is 186 Å². The Labute approximate surface area is 210 Å². The Morgan fingerprint density at radius 3 is 2.40 bits per heavy atom. The summed E-state index contributed by atoms with van der Waals surface area (Å²) in [5.74, 6) is 5.39. The van der Waals surface area contributed by atoms with Gasteiger partial charge in [0.1, 0.15) is 11.8 Å². The van der Waals surface area contributed by atoms with Crippen LogP contribution in [-0.4, -0.2) is 38.4 Å². The van der Waals surface area contributed by atoms with E-state index in [4.69, 9.17) is 22.5 Å². The lowest BCUT2D eigenvalue weighted by Gasteiger charge is -2.25. The van der Waals surface area contributed by atoms with Crippen LogP contribution in [0.5, 0.6) is 5.75 Å². The maximum atomic E-state index is 12.7. The highest BCUT2D eigenvalue weighted by Crippen LogP contribution is 2.30. The maximum absolute atomic E-state index is 12.7. The number of aromatic hydroxyl groups is 1. The van der Waals surface area contributed by atoms with Crippen molar-refractivity contribution in [2.45, 2.75) is 23.2 Å². The Hall–Kier alpha value is -3.10. The Kier molecular flexibility index (Phi) is 9.51. The molecule has 10 nitrogen and oxygen atoms in total. The largest absolute Gasteiger partial charge is 0.592 e.